The third kappa shape index (κ3) is 4.24. The first kappa shape index (κ1) is 25.9. The Morgan fingerprint density at radius 3 is 2.63 bits per heavy atom. The van der Waals surface area contributed by atoms with Crippen LogP contribution in [0.2, 0.25) is 0 Å². The summed E-state index contributed by atoms with van der Waals surface area (Å²) in [5.74, 6) is -0.0457. The number of fused-ring (bicyclic) bond motifs is 1. The Morgan fingerprint density at radius 1 is 1.24 bits per heavy atom. The molecule has 2 saturated heterocycles. The van der Waals surface area contributed by atoms with Gasteiger partial charge in [-0.25, -0.2) is 13.9 Å². The number of thiazole rings is 1. The van der Waals surface area contributed by atoms with Gasteiger partial charge in [0, 0.05) is 62.0 Å². The summed E-state index contributed by atoms with van der Waals surface area (Å²) in [5, 5.41) is 24.8. The van der Waals surface area contributed by atoms with E-state index in [0.29, 0.717) is 34.4 Å². The van der Waals surface area contributed by atoms with Gasteiger partial charge in [0.25, 0.3) is 0 Å². The summed E-state index contributed by atoms with van der Waals surface area (Å²) in [7, 11) is 1.94. The van der Waals surface area contributed by atoms with Gasteiger partial charge < -0.3 is 19.8 Å². The molecule has 0 radical (unpaired) electrons. The first-order valence-electron chi connectivity index (χ1n) is 13.9. The molecule has 0 bridgehead atoms. The maximum absolute atomic E-state index is 13.5. The van der Waals surface area contributed by atoms with Crippen molar-refractivity contribution in [3.05, 3.63) is 59.0 Å². The van der Waals surface area contributed by atoms with Crippen LogP contribution in [0.4, 0.5) is 20.9 Å². The fourth-order valence-electron chi connectivity index (χ4n) is 6.56. The Hall–Kier alpha value is -4.01. The largest absolute Gasteiger partial charge is 0.389 e. The second-order valence-electron chi connectivity index (χ2n) is 11.6. The number of pyridine rings is 1. The van der Waals surface area contributed by atoms with Crippen LogP contribution in [0.3, 0.4) is 0 Å². The van der Waals surface area contributed by atoms with E-state index >= 15 is 0 Å². The molecule has 1 saturated carbocycles. The van der Waals surface area contributed by atoms with E-state index in [-0.39, 0.29) is 29.2 Å². The lowest BCUT2D eigenvalue weighted by molar-refractivity contribution is -0.154. The van der Waals surface area contributed by atoms with Crippen LogP contribution in [0.25, 0.3) is 16.8 Å². The van der Waals surface area contributed by atoms with E-state index in [1.807, 2.05) is 22.7 Å². The van der Waals surface area contributed by atoms with Crippen LogP contribution in [0.5, 0.6) is 0 Å². The number of carbonyl (C=O) groups excluding carboxylic acids is 1. The number of carbonyl (C=O) groups is 1. The number of aryl methyl sites for hydroxylation is 1. The Morgan fingerprint density at radius 2 is 1.98 bits per heavy atom. The standard InChI is InChI=1S/C30H30FN7O2S/c1-3-23-27(35(2)29-33-26(25(13-32)41-29)18-4-6-20(31)7-5-18)24-10-21(8-9-38(24)34-23)37-16-30(17-37)11-19(12-30)28(40)36-14-22(39)15-36/h4-10,19,22,39H,3,11-12,14-17H2,1-2H3. The predicted molar refractivity (Wildman–Crippen MR) is 155 cm³/mol. The number of nitriles is 1. The van der Waals surface area contributed by atoms with Crippen LogP contribution in [0.15, 0.2) is 42.6 Å². The molecule has 0 atom stereocenters. The van der Waals surface area contributed by atoms with Crippen LogP contribution < -0.4 is 9.80 Å². The monoisotopic (exact) mass is 571 g/mol. The quantitative estimate of drug-likeness (QED) is 0.370. The zero-order chi connectivity index (χ0) is 28.5. The van der Waals surface area contributed by atoms with Crippen LogP contribution >= 0.6 is 11.3 Å². The Labute approximate surface area is 241 Å². The number of rotatable bonds is 6. The summed E-state index contributed by atoms with van der Waals surface area (Å²) >= 11 is 1.31. The first-order valence-corrected chi connectivity index (χ1v) is 14.7. The maximum atomic E-state index is 13.5. The molecule has 2 aliphatic heterocycles. The lowest BCUT2D eigenvalue weighted by Gasteiger charge is -2.60. The zero-order valence-corrected chi connectivity index (χ0v) is 23.7. The van der Waals surface area contributed by atoms with E-state index in [0.717, 1.165) is 54.9 Å². The number of hydrogen-bond acceptors (Lipinski definition) is 8. The summed E-state index contributed by atoms with van der Waals surface area (Å²) in [4.78, 5) is 24.0. The molecule has 11 heteroatoms. The summed E-state index contributed by atoms with van der Waals surface area (Å²) in [6.45, 7) is 4.87. The molecule has 210 valence electrons. The highest BCUT2D eigenvalue weighted by Crippen LogP contribution is 2.54. The molecule has 4 aromatic rings. The van der Waals surface area contributed by atoms with Gasteiger partial charge in [-0.2, -0.15) is 10.4 Å². The van der Waals surface area contributed by atoms with E-state index in [1.165, 1.54) is 23.5 Å². The van der Waals surface area contributed by atoms with Gasteiger partial charge in [0.05, 0.1) is 23.0 Å². The third-order valence-corrected chi connectivity index (χ3v) is 9.79. The Bertz CT molecular complexity index is 1690. The third-order valence-electron chi connectivity index (χ3n) is 8.75. The van der Waals surface area contributed by atoms with Gasteiger partial charge in [-0.1, -0.05) is 18.3 Å². The minimum absolute atomic E-state index is 0.0886. The second kappa shape index (κ2) is 9.53. The number of benzene rings is 1. The van der Waals surface area contributed by atoms with Crippen molar-refractivity contribution in [2.24, 2.45) is 11.3 Å². The van der Waals surface area contributed by atoms with E-state index in [9.17, 15) is 19.6 Å². The highest BCUT2D eigenvalue weighted by atomic mass is 32.1. The molecule has 1 amide bonds. The van der Waals surface area contributed by atoms with Gasteiger partial charge in [0.1, 0.15) is 22.5 Å². The number of aliphatic hydroxyl groups excluding tert-OH is 1. The number of amides is 1. The van der Waals surface area contributed by atoms with Gasteiger partial charge in [0.2, 0.25) is 5.91 Å². The SMILES string of the molecule is CCc1nn2ccc(N3CC4(CC(C(=O)N5CC(O)C5)C4)C3)cc2c1N(C)c1nc(-c2ccc(F)cc2)c(C#N)s1. The van der Waals surface area contributed by atoms with Crippen molar-refractivity contribution in [3.8, 4) is 17.3 Å². The highest BCUT2D eigenvalue weighted by molar-refractivity contribution is 7.16. The molecule has 0 unspecified atom stereocenters. The fraction of sp³-hybridized carbons (Fsp3) is 0.400. The number of aliphatic hydroxyl groups is 1. The number of hydrogen-bond donors (Lipinski definition) is 1. The molecule has 1 aromatic carbocycles. The smallest absolute Gasteiger partial charge is 0.225 e. The average molecular weight is 572 g/mol. The van der Waals surface area contributed by atoms with Crippen LogP contribution in [0.1, 0.15) is 30.3 Å². The van der Waals surface area contributed by atoms with Gasteiger partial charge >= 0.3 is 0 Å². The summed E-state index contributed by atoms with van der Waals surface area (Å²) in [6.07, 6.45) is 4.19. The molecule has 41 heavy (non-hydrogen) atoms. The summed E-state index contributed by atoms with van der Waals surface area (Å²) in [6, 6.07) is 12.5. The molecule has 7 rings (SSSR count). The molecule has 1 aliphatic carbocycles. The molecule has 3 aliphatic rings. The zero-order valence-electron chi connectivity index (χ0n) is 22.9. The van der Waals surface area contributed by atoms with Crippen LogP contribution in [-0.2, 0) is 11.2 Å². The summed E-state index contributed by atoms with van der Waals surface area (Å²) < 4.78 is 15.4. The van der Waals surface area contributed by atoms with Crippen molar-refractivity contribution in [2.75, 3.05) is 43.0 Å². The minimum atomic E-state index is -0.358. The topological polar surface area (TPSA) is 101 Å². The lowest BCUT2D eigenvalue weighted by Crippen LogP contribution is -2.66. The molecule has 5 heterocycles. The molecule has 9 nitrogen and oxygen atoms in total. The van der Waals surface area contributed by atoms with Crippen LogP contribution in [0, 0.1) is 28.5 Å². The number of anilines is 3. The number of halogens is 1. The van der Waals surface area contributed by atoms with Gasteiger partial charge in [-0.3, -0.25) is 4.79 Å². The molecular weight excluding hydrogens is 541 g/mol. The Balaban J connectivity index is 1.12. The molecule has 3 aromatic heterocycles. The van der Waals surface area contributed by atoms with Crippen molar-refractivity contribution in [1.82, 2.24) is 19.5 Å². The molecule has 1 spiro atoms. The van der Waals surface area contributed by atoms with E-state index in [1.54, 1.807) is 17.0 Å². The normalized spacial score (nSPS) is 18.2. The average Bonchev–Trinajstić information content (AvgIpc) is 3.51. The fourth-order valence-corrected chi connectivity index (χ4v) is 7.41. The van der Waals surface area contributed by atoms with Gasteiger partial charge in [-0.05, 0) is 55.7 Å². The number of nitrogens with zero attached hydrogens (tertiary/aromatic N) is 7. The molecule has 1 N–H and O–H groups in total. The summed E-state index contributed by atoms with van der Waals surface area (Å²) in [5.41, 5.74) is 5.39. The second-order valence-corrected chi connectivity index (χ2v) is 12.6. The van der Waals surface area contributed by atoms with Crippen LogP contribution in [-0.4, -0.2) is 69.8 Å². The highest BCUT2D eigenvalue weighted by Gasteiger charge is 2.55. The van der Waals surface area contributed by atoms with Crippen molar-refractivity contribution >= 4 is 39.3 Å². The van der Waals surface area contributed by atoms with Crippen molar-refractivity contribution in [2.45, 2.75) is 32.3 Å². The van der Waals surface area contributed by atoms with Gasteiger partial charge in [0.15, 0.2) is 5.13 Å². The number of β-amino-alcohol motifs (C(OH)–C–C–N with tert-alkyl or cyclic N) is 1. The molecular formula is C30H30FN7O2S. The Kier molecular flexibility index (Phi) is 6.03. The predicted octanol–water partition coefficient (Wildman–Crippen LogP) is 4.22. The van der Waals surface area contributed by atoms with E-state index in [2.05, 4.69) is 30.0 Å². The van der Waals surface area contributed by atoms with Crippen molar-refractivity contribution in [3.63, 3.8) is 0 Å². The molecule has 3 fully saturated rings. The van der Waals surface area contributed by atoms with E-state index < -0.39 is 0 Å². The van der Waals surface area contributed by atoms with Crippen molar-refractivity contribution in [1.29, 1.82) is 5.26 Å². The lowest BCUT2D eigenvalue weighted by atomic mass is 9.57. The number of likely N-dealkylation sites (tertiary alicyclic amines) is 1. The first-order chi connectivity index (χ1) is 19.8. The minimum Gasteiger partial charge on any atom is -0.389 e. The van der Waals surface area contributed by atoms with Crippen molar-refractivity contribution < 1.29 is 14.3 Å². The van der Waals surface area contributed by atoms with Gasteiger partial charge in [-0.15, -0.1) is 0 Å². The number of aromatic nitrogens is 3. The van der Waals surface area contributed by atoms with E-state index in [4.69, 9.17) is 10.1 Å². The maximum Gasteiger partial charge on any atom is 0.225 e.